The maximum Gasteiger partial charge on any atom is 0.322 e. The third-order valence-corrected chi connectivity index (χ3v) is 4.46. The average molecular weight is 414 g/mol. The Morgan fingerprint density at radius 3 is 2.38 bits per heavy atom. The van der Waals surface area contributed by atoms with Crippen LogP contribution >= 0.6 is 11.6 Å². The Morgan fingerprint density at radius 1 is 1.07 bits per heavy atom. The summed E-state index contributed by atoms with van der Waals surface area (Å²) >= 11 is 6.21. The highest BCUT2D eigenvalue weighted by atomic mass is 35.5. The van der Waals surface area contributed by atoms with Gasteiger partial charge in [-0.3, -0.25) is 19.0 Å². The van der Waals surface area contributed by atoms with Gasteiger partial charge in [0.05, 0.1) is 6.54 Å². The number of carboxylic acid groups (broad SMARTS) is 1. The maximum atomic E-state index is 13.1. The molecule has 0 saturated heterocycles. The normalized spacial score (nSPS) is 10.5. The lowest BCUT2D eigenvalue weighted by Gasteiger charge is -2.15. The number of amides is 1. The highest BCUT2D eigenvalue weighted by Crippen LogP contribution is 2.23. The molecule has 1 amide bonds. The van der Waals surface area contributed by atoms with Crippen LogP contribution in [0.3, 0.4) is 0 Å². The summed E-state index contributed by atoms with van der Waals surface area (Å²) in [6.45, 7) is -0.710. The second-order valence-corrected chi connectivity index (χ2v) is 6.47. The van der Waals surface area contributed by atoms with E-state index in [9.17, 15) is 19.5 Å². The first-order valence-electron chi connectivity index (χ1n) is 8.51. The number of nitrogens with zero attached hydrogens (tertiary/aromatic N) is 2. The molecule has 0 aliphatic heterocycles. The lowest BCUT2D eigenvalue weighted by atomic mass is 10.1. The number of rotatable bonds is 6. The van der Waals surface area contributed by atoms with E-state index >= 15 is 0 Å². The van der Waals surface area contributed by atoms with Crippen LogP contribution in [0, 0.1) is 0 Å². The molecule has 1 heterocycles. The van der Waals surface area contributed by atoms with Crippen LogP contribution < -0.4 is 10.9 Å². The SMILES string of the molecule is O=C(O)CNC(=O)c1c(O)nc(-c2ccccc2)n(Cc2ccccc2Cl)c1=O. The molecule has 9 heteroatoms. The number of nitrogens with one attached hydrogen (secondary N) is 1. The molecule has 0 fully saturated rings. The van der Waals surface area contributed by atoms with Gasteiger partial charge in [0.2, 0.25) is 5.88 Å². The first-order valence-corrected chi connectivity index (χ1v) is 8.89. The zero-order valence-electron chi connectivity index (χ0n) is 15.0. The molecule has 8 nitrogen and oxygen atoms in total. The molecule has 0 bridgehead atoms. The van der Waals surface area contributed by atoms with Gasteiger partial charge in [0.1, 0.15) is 12.4 Å². The Kier molecular flexibility index (Phi) is 5.94. The fraction of sp³-hybridized carbons (Fsp3) is 0.100. The van der Waals surface area contributed by atoms with E-state index in [1.165, 1.54) is 4.57 Å². The lowest BCUT2D eigenvalue weighted by molar-refractivity contribution is -0.135. The molecule has 2 aromatic carbocycles. The molecule has 3 aromatic rings. The number of halogens is 1. The van der Waals surface area contributed by atoms with Crippen molar-refractivity contribution in [2.75, 3.05) is 6.54 Å². The Balaban J connectivity index is 2.17. The minimum absolute atomic E-state index is 0.00474. The van der Waals surface area contributed by atoms with Crippen molar-refractivity contribution in [1.29, 1.82) is 0 Å². The number of carbonyl (C=O) groups excluding carboxylic acids is 1. The smallest absolute Gasteiger partial charge is 0.322 e. The molecule has 29 heavy (non-hydrogen) atoms. The third kappa shape index (κ3) is 4.44. The van der Waals surface area contributed by atoms with Crippen molar-refractivity contribution >= 4 is 23.5 Å². The minimum atomic E-state index is -1.29. The highest BCUT2D eigenvalue weighted by Gasteiger charge is 2.23. The summed E-state index contributed by atoms with van der Waals surface area (Å²) in [6, 6.07) is 15.6. The summed E-state index contributed by atoms with van der Waals surface area (Å²) in [5.41, 5.74) is -0.306. The molecule has 0 aliphatic rings. The lowest BCUT2D eigenvalue weighted by Crippen LogP contribution is -2.36. The molecule has 0 saturated carbocycles. The zero-order chi connectivity index (χ0) is 21.0. The third-order valence-electron chi connectivity index (χ3n) is 4.10. The molecule has 0 radical (unpaired) electrons. The summed E-state index contributed by atoms with van der Waals surface area (Å²) in [4.78, 5) is 40.1. The number of aromatic hydroxyl groups is 1. The number of benzene rings is 2. The van der Waals surface area contributed by atoms with Gasteiger partial charge in [0.15, 0.2) is 5.56 Å². The monoisotopic (exact) mass is 413 g/mol. The predicted molar refractivity (Wildman–Crippen MR) is 106 cm³/mol. The molecule has 0 unspecified atom stereocenters. The molecule has 0 spiro atoms. The molecular formula is C20H16ClN3O5. The van der Waals surface area contributed by atoms with Gasteiger partial charge in [-0.1, -0.05) is 60.1 Å². The van der Waals surface area contributed by atoms with E-state index in [2.05, 4.69) is 10.3 Å². The van der Waals surface area contributed by atoms with Crippen LogP contribution in [0.5, 0.6) is 5.88 Å². The minimum Gasteiger partial charge on any atom is -0.493 e. The first kappa shape index (κ1) is 20.1. The van der Waals surface area contributed by atoms with Crippen LogP contribution in [0.15, 0.2) is 59.4 Å². The summed E-state index contributed by atoms with van der Waals surface area (Å²) in [7, 11) is 0. The molecular weight excluding hydrogens is 398 g/mol. The van der Waals surface area contributed by atoms with Crippen molar-refractivity contribution in [2.24, 2.45) is 0 Å². The van der Waals surface area contributed by atoms with E-state index in [0.717, 1.165) is 0 Å². The fourth-order valence-corrected chi connectivity index (χ4v) is 2.93. The Bertz CT molecular complexity index is 1130. The van der Waals surface area contributed by atoms with E-state index in [-0.39, 0.29) is 12.4 Å². The van der Waals surface area contributed by atoms with Crippen molar-refractivity contribution in [1.82, 2.24) is 14.9 Å². The van der Waals surface area contributed by atoms with Crippen LogP contribution in [-0.4, -0.2) is 38.2 Å². The molecule has 3 rings (SSSR count). The fourth-order valence-electron chi connectivity index (χ4n) is 2.74. The van der Waals surface area contributed by atoms with E-state index < -0.39 is 35.4 Å². The Morgan fingerprint density at radius 2 is 1.72 bits per heavy atom. The number of hydrogen-bond acceptors (Lipinski definition) is 5. The number of aliphatic carboxylic acids is 1. The highest BCUT2D eigenvalue weighted by molar-refractivity contribution is 6.31. The molecule has 1 aromatic heterocycles. The van der Waals surface area contributed by atoms with Crippen molar-refractivity contribution in [2.45, 2.75) is 6.54 Å². The van der Waals surface area contributed by atoms with Gasteiger partial charge in [-0.15, -0.1) is 0 Å². The second kappa shape index (κ2) is 8.57. The van der Waals surface area contributed by atoms with Gasteiger partial charge in [0, 0.05) is 10.6 Å². The molecule has 3 N–H and O–H groups in total. The summed E-state index contributed by atoms with van der Waals surface area (Å²) in [5.74, 6) is -2.96. The zero-order valence-corrected chi connectivity index (χ0v) is 15.8. The van der Waals surface area contributed by atoms with Crippen molar-refractivity contribution < 1.29 is 19.8 Å². The van der Waals surface area contributed by atoms with Gasteiger partial charge in [-0.2, -0.15) is 4.98 Å². The van der Waals surface area contributed by atoms with Crippen LogP contribution in [0.1, 0.15) is 15.9 Å². The quantitative estimate of drug-likeness (QED) is 0.569. The summed E-state index contributed by atoms with van der Waals surface area (Å²) in [5, 5.41) is 21.5. The number of carboxylic acids is 1. The van der Waals surface area contributed by atoms with Crippen molar-refractivity contribution in [3.8, 4) is 17.3 Å². The van der Waals surface area contributed by atoms with Crippen molar-refractivity contribution in [3.63, 3.8) is 0 Å². The topological polar surface area (TPSA) is 122 Å². The standard InChI is InChI=1S/C20H16ClN3O5/c21-14-9-5-4-8-13(14)11-24-17(12-6-2-1-3-7-12)23-19(28)16(20(24)29)18(27)22-10-15(25)26/h1-9,28H,10-11H2,(H,22,27)(H,25,26). The van der Waals surface area contributed by atoms with Gasteiger partial charge >= 0.3 is 5.97 Å². The van der Waals surface area contributed by atoms with Gasteiger partial charge in [-0.05, 0) is 11.6 Å². The Labute approximate surface area is 170 Å². The van der Waals surface area contributed by atoms with Gasteiger partial charge in [-0.25, -0.2) is 0 Å². The first-order chi connectivity index (χ1) is 13.9. The predicted octanol–water partition coefficient (Wildman–Crippen LogP) is 2.13. The molecule has 0 atom stereocenters. The van der Waals surface area contributed by atoms with Crippen LogP contribution in [0.25, 0.3) is 11.4 Å². The largest absolute Gasteiger partial charge is 0.493 e. The van der Waals surface area contributed by atoms with Gasteiger partial charge < -0.3 is 15.5 Å². The second-order valence-electron chi connectivity index (χ2n) is 6.06. The van der Waals surface area contributed by atoms with Crippen molar-refractivity contribution in [3.05, 3.63) is 81.1 Å². The van der Waals surface area contributed by atoms with Gasteiger partial charge in [0.25, 0.3) is 11.5 Å². The van der Waals surface area contributed by atoms with E-state index in [4.69, 9.17) is 16.7 Å². The summed E-state index contributed by atoms with van der Waals surface area (Å²) in [6.07, 6.45) is 0. The van der Waals surface area contributed by atoms with Crippen LogP contribution in [0.2, 0.25) is 5.02 Å². The van der Waals surface area contributed by atoms with Crippen LogP contribution in [0.4, 0.5) is 0 Å². The summed E-state index contributed by atoms with van der Waals surface area (Å²) < 4.78 is 1.21. The van der Waals surface area contributed by atoms with E-state index in [1.807, 2.05) is 0 Å². The number of hydrogen-bond donors (Lipinski definition) is 3. The Hall–Kier alpha value is -3.65. The average Bonchev–Trinajstić information content (AvgIpc) is 2.70. The molecule has 148 valence electrons. The number of carbonyl (C=O) groups is 2. The van der Waals surface area contributed by atoms with E-state index in [0.29, 0.717) is 16.1 Å². The molecule has 0 aliphatic carbocycles. The maximum absolute atomic E-state index is 13.1. The van der Waals surface area contributed by atoms with E-state index in [1.54, 1.807) is 54.6 Å². The van der Waals surface area contributed by atoms with Crippen LogP contribution in [-0.2, 0) is 11.3 Å². The number of aromatic nitrogens is 2.